The average molecular weight is 514 g/mol. The van der Waals surface area contributed by atoms with Crippen molar-refractivity contribution in [3.05, 3.63) is 53.3 Å². The first-order chi connectivity index (χ1) is 13.3. The van der Waals surface area contributed by atoms with Crippen molar-refractivity contribution in [1.82, 2.24) is 4.98 Å². The number of aryl methyl sites for hydroxylation is 1. The number of carbonyl (C=O) groups is 1. The summed E-state index contributed by atoms with van der Waals surface area (Å²) in [6, 6.07) is 7.87. The summed E-state index contributed by atoms with van der Waals surface area (Å²) >= 11 is 0.986. The van der Waals surface area contributed by atoms with Crippen LogP contribution in [0.5, 0.6) is 0 Å². The monoisotopic (exact) mass is 514 g/mol. The molecule has 3 rings (SSSR count). The number of amides is 1. The topological polar surface area (TPSA) is 60.5 Å². The van der Waals surface area contributed by atoms with Crippen LogP contribution in [0.1, 0.15) is 49.3 Å². The summed E-state index contributed by atoms with van der Waals surface area (Å²) in [5.41, 5.74) is 0.942. The van der Waals surface area contributed by atoms with Gasteiger partial charge in [-0.2, -0.15) is 8.78 Å². The maximum atomic E-state index is 13.5. The highest BCUT2D eigenvalue weighted by atomic mass is 127. The molecule has 1 aliphatic heterocycles. The quantitative estimate of drug-likeness (QED) is 0.373. The largest absolute Gasteiger partial charge is 0.495 e. The van der Waals surface area contributed by atoms with Gasteiger partial charge in [0, 0.05) is 40.0 Å². The fourth-order valence-corrected chi connectivity index (χ4v) is 3.17. The van der Waals surface area contributed by atoms with Crippen molar-refractivity contribution < 1.29 is 22.9 Å². The van der Waals surface area contributed by atoms with Crippen LogP contribution < -0.4 is 10.8 Å². The fourth-order valence-electron chi connectivity index (χ4n) is 2.87. The average Bonchev–Trinajstić information content (AvgIpc) is 2.83. The van der Waals surface area contributed by atoms with Crippen LogP contribution in [0.2, 0.25) is 0 Å². The van der Waals surface area contributed by atoms with Gasteiger partial charge in [0.15, 0.2) is 0 Å². The third-order valence-corrected chi connectivity index (χ3v) is 5.91. The molecule has 1 aromatic carbocycles. The van der Waals surface area contributed by atoms with Crippen molar-refractivity contribution in [2.75, 3.05) is 5.32 Å². The minimum atomic E-state index is -3.15. The van der Waals surface area contributed by atoms with Crippen molar-refractivity contribution in [3.8, 4) is 0 Å². The Balaban J connectivity index is 1.83. The van der Waals surface area contributed by atoms with Gasteiger partial charge < -0.3 is 14.6 Å². The summed E-state index contributed by atoms with van der Waals surface area (Å²) in [7, 11) is -0.568. The van der Waals surface area contributed by atoms with Gasteiger partial charge in [-0.15, -0.1) is 0 Å². The molecule has 0 bridgehead atoms. The fraction of sp³-hybridized carbons (Fsp3) is 0.400. The molecule has 2 heterocycles. The van der Waals surface area contributed by atoms with Crippen molar-refractivity contribution in [2.45, 2.75) is 49.8 Å². The highest BCUT2D eigenvalue weighted by Crippen LogP contribution is 2.37. The van der Waals surface area contributed by atoms with Gasteiger partial charge in [-0.05, 0) is 64.3 Å². The predicted octanol–water partition coefficient (Wildman–Crippen LogP) is 4.43. The molecule has 0 aliphatic carbocycles. The van der Waals surface area contributed by atoms with Gasteiger partial charge in [-0.3, -0.25) is 9.78 Å². The number of benzene rings is 1. The predicted molar refractivity (Wildman–Crippen MR) is 117 cm³/mol. The zero-order valence-corrected chi connectivity index (χ0v) is 19.0. The Hall–Kier alpha value is -1.59. The van der Waals surface area contributed by atoms with E-state index in [1.165, 1.54) is 12.3 Å². The Morgan fingerprint density at radius 1 is 1.14 bits per heavy atom. The first-order valence-electron chi connectivity index (χ1n) is 9.11. The number of nitrogens with one attached hydrogen (secondary N) is 1. The molecular formula is C20H22BF2IN2O3. The van der Waals surface area contributed by atoms with E-state index in [1.54, 1.807) is 12.1 Å². The SMILES string of the molecule is Cc1ccc(NC(=O)c2ccnc(C(F)(F)I)c2)cc1B1OC(C)(C)C(C)(C)O1. The van der Waals surface area contributed by atoms with Gasteiger partial charge in [0.05, 0.1) is 11.2 Å². The molecular weight excluding hydrogens is 492 g/mol. The number of aromatic nitrogens is 1. The number of hydrogen-bond donors (Lipinski definition) is 1. The highest BCUT2D eigenvalue weighted by Gasteiger charge is 2.52. The molecule has 1 aliphatic rings. The summed E-state index contributed by atoms with van der Waals surface area (Å²) in [5, 5.41) is 2.74. The lowest BCUT2D eigenvalue weighted by atomic mass is 9.76. The van der Waals surface area contributed by atoms with Crippen molar-refractivity contribution in [3.63, 3.8) is 0 Å². The van der Waals surface area contributed by atoms with Gasteiger partial charge in [0.1, 0.15) is 5.69 Å². The lowest BCUT2D eigenvalue weighted by molar-refractivity contribution is 0.00578. The zero-order valence-electron chi connectivity index (χ0n) is 16.8. The molecule has 29 heavy (non-hydrogen) atoms. The van der Waals surface area contributed by atoms with E-state index in [2.05, 4.69) is 10.3 Å². The number of alkyl halides is 3. The van der Waals surface area contributed by atoms with Crippen LogP contribution in [0.4, 0.5) is 14.5 Å². The van der Waals surface area contributed by atoms with Crippen LogP contribution in [0.3, 0.4) is 0 Å². The molecule has 1 saturated heterocycles. The molecule has 0 saturated carbocycles. The number of nitrogens with zero attached hydrogens (tertiary/aromatic N) is 1. The molecule has 154 valence electrons. The van der Waals surface area contributed by atoms with Crippen LogP contribution >= 0.6 is 22.6 Å². The molecule has 0 spiro atoms. The van der Waals surface area contributed by atoms with Crippen LogP contribution in [0, 0.1) is 6.92 Å². The number of hydrogen-bond acceptors (Lipinski definition) is 4. The minimum Gasteiger partial charge on any atom is -0.399 e. The number of halogens is 3. The summed E-state index contributed by atoms with van der Waals surface area (Å²) in [6.45, 7) is 9.81. The number of carbonyl (C=O) groups excluding carboxylic acids is 1. The molecule has 1 aromatic heterocycles. The van der Waals surface area contributed by atoms with Gasteiger partial charge in [-0.1, -0.05) is 11.6 Å². The molecule has 0 radical (unpaired) electrons. The molecule has 5 nitrogen and oxygen atoms in total. The number of pyridine rings is 1. The summed E-state index contributed by atoms with van der Waals surface area (Å²) < 4.78 is 36.0. The van der Waals surface area contributed by atoms with Crippen LogP contribution in [0.25, 0.3) is 0 Å². The lowest BCUT2D eigenvalue weighted by Crippen LogP contribution is -2.41. The van der Waals surface area contributed by atoms with Crippen molar-refractivity contribution in [1.29, 1.82) is 0 Å². The second-order valence-electron chi connectivity index (χ2n) is 8.04. The van der Waals surface area contributed by atoms with E-state index in [-0.39, 0.29) is 5.56 Å². The number of anilines is 1. The van der Waals surface area contributed by atoms with Crippen LogP contribution in [-0.2, 0) is 13.2 Å². The molecule has 9 heteroatoms. The minimum absolute atomic E-state index is 0.101. The van der Waals surface area contributed by atoms with E-state index in [4.69, 9.17) is 9.31 Å². The van der Waals surface area contributed by atoms with Gasteiger partial charge in [0.25, 0.3) is 5.91 Å². The normalized spacial score (nSPS) is 18.0. The second-order valence-corrected chi connectivity index (χ2v) is 9.40. The molecule has 1 amide bonds. The Kier molecular flexibility index (Phi) is 5.79. The van der Waals surface area contributed by atoms with Crippen molar-refractivity contribution >= 4 is 46.8 Å². The first kappa shape index (κ1) is 22.1. The van der Waals surface area contributed by atoms with Gasteiger partial charge >= 0.3 is 11.0 Å². The van der Waals surface area contributed by atoms with E-state index < -0.39 is 33.9 Å². The van der Waals surface area contributed by atoms with Gasteiger partial charge in [0.2, 0.25) is 0 Å². The van der Waals surface area contributed by atoms with Crippen molar-refractivity contribution in [2.24, 2.45) is 0 Å². The number of rotatable bonds is 4. The Bertz CT molecular complexity index is 932. The molecule has 2 aromatic rings. The van der Waals surface area contributed by atoms with E-state index >= 15 is 0 Å². The second kappa shape index (κ2) is 7.59. The maximum Gasteiger partial charge on any atom is 0.495 e. The summed E-state index contributed by atoms with van der Waals surface area (Å²) in [5.74, 6) is -0.502. The molecule has 0 atom stereocenters. The summed E-state index contributed by atoms with van der Waals surface area (Å²) in [4.78, 5) is 16.2. The third-order valence-electron chi connectivity index (χ3n) is 5.36. The maximum absolute atomic E-state index is 13.5. The lowest BCUT2D eigenvalue weighted by Gasteiger charge is -2.32. The van der Waals surface area contributed by atoms with E-state index in [9.17, 15) is 13.6 Å². The zero-order chi connectivity index (χ0) is 21.6. The van der Waals surface area contributed by atoms with Crippen LogP contribution in [-0.4, -0.2) is 29.2 Å². The molecule has 1 fully saturated rings. The molecule has 0 unspecified atom stereocenters. The highest BCUT2D eigenvalue weighted by molar-refractivity contribution is 14.1. The van der Waals surface area contributed by atoms with Crippen LogP contribution in [0.15, 0.2) is 36.5 Å². The van der Waals surface area contributed by atoms with E-state index in [1.807, 2.05) is 40.7 Å². The van der Waals surface area contributed by atoms with Gasteiger partial charge in [-0.25, -0.2) is 0 Å². The summed E-state index contributed by atoms with van der Waals surface area (Å²) in [6.07, 6.45) is 1.20. The van der Waals surface area contributed by atoms with E-state index in [0.29, 0.717) is 5.69 Å². The Morgan fingerprint density at radius 2 is 1.76 bits per heavy atom. The smallest absolute Gasteiger partial charge is 0.399 e. The Labute approximate surface area is 182 Å². The first-order valence-corrected chi connectivity index (χ1v) is 10.2. The Morgan fingerprint density at radius 3 is 2.34 bits per heavy atom. The standard InChI is InChI=1S/C20H22BF2IN2O3/c1-12-6-7-14(11-15(12)21-28-18(2,3)19(4,5)29-21)26-17(27)13-8-9-25-16(10-13)20(22,23)24/h6-11H,1-5H3,(H,26,27). The third kappa shape index (κ3) is 4.61. The molecule has 1 N–H and O–H groups in total. The van der Waals surface area contributed by atoms with E-state index in [0.717, 1.165) is 39.7 Å².